The van der Waals surface area contributed by atoms with Crippen molar-refractivity contribution in [2.24, 2.45) is 0 Å². The molecule has 1 N–H and O–H groups in total. The zero-order valence-electron chi connectivity index (χ0n) is 17.8. The zero-order valence-corrected chi connectivity index (χ0v) is 17.8. The van der Waals surface area contributed by atoms with Gasteiger partial charge < -0.3 is 19.7 Å². The molecule has 0 saturated carbocycles. The van der Waals surface area contributed by atoms with Gasteiger partial charge in [-0.3, -0.25) is 4.79 Å². The van der Waals surface area contributed by atoms with Crippen LogP contribution in [0.1, 0.15) is 18.4 Å². The summed E-state index contributed by atoms with van der Waals surface area (Å²) in [6, 6.07) is 17.1. The fourth-order valence-electron chi connectivity index (χ4n) is 3.70. The van der Waals surface area contributed by atoms with Crippen LogP contribution in [0.2, 0.25) is 0 Å². The molecular weight excluding hydrogens is 392 g/mol. The van der Waals surface area contributed by atoms with E-state index in [2.05, 4.69) is 20.4 Å². The van der Waals surface area contributed by atoms with Gasteiger partial charge in [-0.2, -0.15) is 0 Å². The molecule has 1 saturated heterocycles. The van der Waals surface area contributed by atoms with Gasteiger partial charge in [0, 0.05) is 24.3 Å². The fourth-order valence-corrected chi connectivity index (χ4v) is 3.70. The SMILES string of the molecule is COc1ccc(CC(=O)Nc2ccc(-c3ccc(N4CCCC4)nn3)cc2)cc1OC. The maximum Gasteiger partial charge on any atom is 0.228 e. The molecule has 0 bridgehead atoms. The minimum Gasteiger partial charge on any atom is -0.493 e. The minimum atomic E-state index is -0.102. The maximum atomic E-state index is 12.4. The second kappa shape index (κ2) is 9.47. The molecule has 1 amide bonds. The van der Waals surface area contributed by atoms with Gasteiger partial charge in [-0.25, -0.2) is 0 Å². The zero-order chi connectivity index (χ0) is 21.6. The van der Waals surface area contributed by atoms with Gasteiger partial charge in [-0.05, 0) is 54.8 Å². The average Bonchev–Trinajstić information content (AvgIpc) is 3.34. The summed E-state index contributed by atoms with van der Waals surface area (Å²) in [7, 11) is 3.16. The van der Waals surface area contributed by atoms with Crippen LogP contribution in [0.4, 0.5) is 11.5 Å². The molecule has 1 aliphatic heterocycles. The Morgan fingerprint density at radius 2 is 1.68 bits per heavy atom. The number of carbonyl (C=O) groups excluding carboxylic acids is 1. The van der Waals surface area contributed by atoms with Gasteiger partial charge >= 0.3 is 0 Å². The molecular formula is C24H26N4O3. The first-order valence-corrected chi connectivity index (χ1v) is 10.4. The predicted octanol–water partition coefficient (Wildman–Crippen LogP) is 3.94. The minimum absolute atomic E-state index is 0.102. The van der Waals surface area contributed by atoms with E-state index in [9.17, 15) is 4.79 Å². The van der Waals surface area contributed by atoms with Crippen LogP contribution in [0, 0.1) is 0 Å². The summed E-state index contributed by atoms with van der Waals surface area (Å²) >= 11 is 0. The molecule has 2 aromatic carbocycles. The highest BCUT2D eigenvalue weighted by atomic mass is 16.5. The van der Waals surface area contributed by atoms with Crippen molar-refractivity contribution in [3.8, 4) is 22.8 Å². The highest BCUT2D eigenvalue weighted by molar-refractivity contribution is 5.92. The van der Waals surface area contributed by atoms with Gasteiger partial charge in [0.2, 0.25) is 5.91 Å². The molecule has 0 unspecified atom stereocenters. The number of anilines is 2. The number of amides is 1. The molecule has 0 radical (unpaired) electrons. The third kappa shape index (κ3) is 4.94. The fraction of sp³-hybridized carbons (Fsp3) is 0.292. The van der Waals surface area contributed by atoms with E-state index in [-0.39, 0.29) is 12.3 Å². The number of methoxy groups -OCH3 is 2. The van der Waals surface area contributed by atoms with E-state index in [1.54, 1.807) is 20.3 Å². The molecule has 4 rings (SSSR count). The molecule has 7 heteroatoms. The quantitative estimate of drug-likeness (QED) is 0.626. The van der Waals surface area contributed by atoms with Crippen LogP contribution in [0.5, 0.6) is 11.5 Å². The predicted molar refractivity (Wildman–Crippen MR) is 121 cm³/mol. The molecule has 3 aromatic rings. The summed E-state index contributed by atoms with van der Waals surface area (Å²) in [4.78, 5) is 14.7. The normalized spacial score (nSPS) is 13.2. The first-order chi connectivity index (χ1) is 15.2. The van der Waals surface area contributed by atoms with E-state index in [4.69, 9.17) is 9.47 Å². The third-order valence-corrected chi connectivity index (χ3v) is 5.36. The Labute approximate surface area is 182 Å². The lowest BCUT2D eigenvalue weighted by molar-refractivity contribution is -0.115. The number of hydrogen-bond donors (Lipinski definition) is 1. The van der Waals surface area contributed by atoms with Crippen LogP contribution in [-0.2, 0) is 11.2 Å². The summed E-state index contributed by atoms with van der Waals surface area (Å²) in [5, 5.41) is 11.7. The largest absolute Gasteiger partial charge is 0.493 e. The van der Waals surface area contributed by atoms with Crippen molar-refractivity contribution < 1.29 is 14.3 Å². The topological polar surface area (TPSA) is 76.6 Å². The Kier molecular flexibility index (Phi) is 6.31. The number of nitrogens with one attached hydrogen (secondary N) is 1. The van der Waals surface area contributed by atoms with Crippen molar-refractivity contribution in [1.29, 1.82) is 0 Å². The van der Waals surface area contributed by atoms with E-state index in [1.165, 1.54) is 12.8 Å². The van der Waals surface area contributed by atoms with Crippen LogP contribution in [0.15, 0.2) is 54.6 Å². The van der Waals surface area contributed by atoms with Gasteiger partial charge in [-0.1, -0.05) is 18.2 Å². The highest BCUT2D eigenvalue weighted by Crippen LogP contribution is 2.28. The van der Waals surface area contributed by atoms with Crippen LogP contribution in [-0.4, -0.2) is 43.4 Å². The Bertz CT molecular complexity index is 1030. The second-order valence-electron chi connectivity index (χ2n) is 7.46. The average molecular weight is 418 g/mol. The van der Waals surface area contributed by atoms with Crippen LogP contribution in [0.25, 0.3) is 11.3 Å². The highest BCUT2D eigenvalue weighted by Gasteiger charge is 2.14. The standard InChI is InChI=1S/C24H26N4O3/c1-30-21-11-5-17(15-22(21)31-2)16-24(29)25-19-8-6-18(7-9-19)20-10-12-23(27-26-20)28-13-3-4-14-28/h5-12,15H,3-4,13-14,16H2,1-2H3,(H,25,29). The smallest absolute Gasteiger partial charge is 0.228 e. The lowest BCUT2D eigenvalue weighted by atomic mass is 10.1. The summed E-state index contributed by atoms with van der Waals surface area (Å²) in [5.74, 6) is 2.07. The summed E-state index contributed by atoms with van der Waals surface area (Å²) < 4.78 is 10.5. The van der Waals surface area contributed by atoms with Crippen LogP contribution >= 0.6 is 0 Å². The second-order valence-corrected chi connectivity index (χ2v) is 7.46. The van der Waals surface area contributed by atoms with E-state index in [0.717, 1.165) is 41.4 Å². The van der Waals surface area contributed by atoms with E-state index >= 15 is 0 Å². The van der Waals surface area contributed by atoms with Gasteiger partial charge in [-0.15, -0.1) is 10.2 Å². The Morgan fingerprint density at radius 1 is 0.935 bits per heavy atom. The Hall–Kier alpha value is -3.61. The maximum absolute atomic E-state index is 12.4. The molecule has 0 aliphatic carbocycles. The molecule has 0 atom stereocenters. The molecule has 160 valence electrons. The van der Waals surface area contributed by atoms with E-state index in [0.29, 0.717) is 11.5 Å². The summed E-state index contributed by atoms with van der Waals surface area (Å²) in [6.07, 6.45) is 2.66. The lowest BCUT2D eigenvalue weighted by Crippen LogP contribution is -2.19. The lowest BCUT2D eigenvalue weighted by Gasteiger charge is -2.15. The molecule has 31 heavy (non-hydrogen) atoms. The first kappa shape index (κ1) is 20.7. The molecule has 1 aliphatic rings. The van der Waals surface area contributed by atoms with Gasteiger partial charge in [0.1, 0.15) is 0 Å². The van der Waals surface area contributed by atoms with Gasteiger partial charge in [0.25, 0.3) is 0 Å². The Morgan fingerprint density at radius 3 is 2.32 bits per heavy atom. The van der Waals surface area contributed by atoms with Gasteiger partial charge in [0.05, 0.1) is 26.3 Å². The van der Waals surface area contributed by atoms with Crippen molar-refractivity contribution >= 4 is 17.4 Å². The third-order valence-electron chi connectivity index (χ3n) is 5.36. The number of carbonyl (C=O) groups is 1. The molecule has 0 spiro atoms. The number of nitrogens with zero attached hydrogens (tertiary/aromatic N) is 3. The number of benzene rings is 2. The monoisotopic (exact) mass is 418 g/mol. The van der Waals surface area contributed by atoms with Crippen LogP contribution < -0.4 is 19.7 Å². The van der Waals surface area contributed by atoms with E-state index in [1.807, 2.05) is 48.5 Å². The van der Waals surface area contributed by atoms with Crippen molar-refractivity contribution in [1.82, 2.24) is 10.2 Å². The molecule has 7 nitrogen and oxygen atoms in total. The van der Waals surface area contributed by atoms with Crippen molar-refractivity contribution in [2.45, 2.75) is 19.3 Å². The molecule has 2 heterocycles. The van der Waals surface area contributed by atoms with Crippen molar-refractivity contribution in [2.75, 3.05) is 37.5 Å². The first-order valence-electron chi connectivity index (χ1n) is 10.4. The number of aromatic nitrogens is 2. The molecule has 1 aromatic heterocycles. The summed E-state index contributed by atoms with van der Waals surface area (Å²) in [6.45, 7) is 2.09. The Balaban J connectivity index is 1.37. The van der Waals surface area contributed by atoms with Crippen molar-refractivity contribution in [3.63, 3.8) is 0 Å². The number of ether oxygens (including phenoxy) is 2. The van der Waals surface area contributed by atoms with E-state index < -0.39 is 0 Å². The van der Waals surface area contributed by atoms with Crippen LogP contribution in [0.3, 0.4) is 0 Å². The number of rotatable bonds is 7. The summed E-state index contributed by atoms with van der Waals surface area (Å²) in [5.41, 5.74) is 3.35. The van der Waals surface area contributed by atoms with Gasteiger partial charge in [0.15, 0.2) is 17.3 Å². The molecule has 1 fully saturated rings. The number of hydrogen-bond acceptors (Lipinski definition) is 6. The van der Waals surface area contributed by atoms with Crippen molar-refractivity contribution in [3.05, 3.63) is 60.2 Å².